The van der Waals surface area contributed by atoms with Crippen LogP contribution in [0.5, 0.6) is 11.5 Å². The van der Waals surface area contributed by atoms with E-state index in [9.17, 15) is 19.8 Å². The van der Waals surface area contributed by atoms with E-state index in [-0.39, 0.29) is 52.7 Å². The van der Waals surface area contributed by atoms with E-state index in [4.69, 9.17) is 0 Å². The minimum absolute atomic E-state index is 0.0565. The van der Waals surface area contributed by atoms with Crippen LogP contribution >= 0.6 is 0 Å². The Bertz CT molecular complexity index is 753. The van der Waals surface area contributed by atoms with Gasteiger partial charge >= 0.3 is 0 Å². The van der Waals surface area contributed by atoms with E-state index in [1.807, 2.05) is 30.3 Å². The highest BCUT2D eigenvalue weighted by atomic mass is 16.3. The fourth-order valence-corrected chi connectivity index (χ4v) is 2.62. The van der Waals surface area contributed by atoms with Crippen molar-refractivity contribution in [3.8, 4) is 11.5 Å². The summed E-state index contributed by atoms with van der Waals surface area (Å²) in [6, 6.07) is 10.8. The number of nitrogens with one attached hydrogen (secondary N) is 1. The second kappa shape index (κ2) is 5.52. The van der Waals surface area contributed by atoms with Crippen LogP contribution in [0.2, 0.25) is 0 Å². The van der Waals surface area contributed by atoms with E-state index in [1.165, 1.54) is 6.07 Å². The van der Waals surface area contributed by atoms with Crippen LogP contribution < -0.4 is 5.32 Å². The van der Waals surface area contributed by atoms with Gasteiger partial charge in [0.2, 0.25) is 0 Å². The molecule has 0 bridgehead atoms. The predicted molar refractivity (Wildman–Crippen MR) is 81.4 cm³/mol. The lowest BCUT2D eigenvalue weighted by Gasteiger charge is -2.19. The van der Waals surface area contributed by atoms with Gasteiger partial charge in [-0.2, -0.15) is 0 Å². The molecule has 0 aliphatic heterocycles. The lowest BCUT2D eigenvalue weighted by atomic mass is 9.87. The molecule has 2 aromatic rings. The van der Waals surface area contributed by atoms with E-state index < -0.39 is 0 Å². The average molecular weight is 297 g/mol. The average Bonchev–Trinajstić information content (AvgIpc) is 2.52. The maximum atomic E-state index is 12.0. The summed E-state index contributed by atoms with van der Waals surface area (Å²) in [5.74, 6) is -1.20. The van der Waals surface area contributed by atoms with Gasteiger partial charge in [0.25, 0.3) is 0 Å². The zero-order valence-electron chi connectivity index (χ0n) is 11.8. The third-order valence-electron chi connectivity index (χ3n) is 3.74. The van der Waals surface area contributed by atoms with Crippen molar-refractivity contribution >= 4 is 17.3 Å². The van der Waals surface area contributed by atoms with E-state index in [1.54, 1.807) is 0 Å². The molecular formula is C17H15NO4. The number of hydrogen-bond acceptors (Lipinski definition) is 5. The molecule has 2 aromatic carbocycles. The number of Topliss-reactive ketones (excluding diaryl/α,β-unsaturated/α-hetero) is 2. The van der Waals surface area contributed by atoms with Crippen LogP contribution in [0.15, 0.2) is 36.4 Å². The summed E-state index contributed by atoms with van der Waals surface area (Å²) in [6.07, 6.45) is 0.122. The summed E-state index contributed by atoms with van der Waals surface area (Å²) in [7, 11) is 0. The number of carbonyl (C=O) groups excluding carboxylic acids is 2. The number of aromatic hydroxyl groups is 2. The van der Waals surface area contributed by atoms with Crippen LogP contribution in [0.4, 0.5) is 5.69 Å². The van der Waals surface area contributed by atoms with Crippen molar-refractivity contribution in [3.63, 3.8) is 0 Å². The molecule has 0 spiro atoms. The number of carbonyl (C=O) groups is 2. The number of anilines is 1. The Morgan fingerprint density at radius 2 is 1.59 bits per heavy atom. The van der Waals surface area contributed by atoms with Gasteiger partial charge in [-0.25, -0.2) is 0 Å². The van der Waals surface area contributed by atoms with Gasteiger partial charge in [0.15, 0.2) is 11.6 Å². The first kappa shape index (κ1) is 14.1. The molecule has 5 heteroatoms. The Labute approximate surface area is 127 Å². The van der Waals surface area contributed by atoms with Crippen molar-refractivity contribution in [2.45, 2.75) is 19.4 Å². The molecule has 0 unspecified atom stereocenters. The van der Waals surface area contributed by atoms with Crippen molar-refractivity contribution in [2.75, 3.05) is 5.32 Å². The number of ketones is 2. The summed E-state index contributed by atoms with van der Waals surface area (Å²) < 4.78 is 0. The van der Waals surface area contributed by atoms with Gasteiger partial charge in [-0.05, 0) is 5.56 Å². The Hall–Kier alpha value is -2.82. The van der Waals surface area contributed by atoms with Crippen LogP contribution in [0.3, 0.4) is 0 Å². The van der Waals surface area contributed by atoms with Crippen LogP contribution in [-0.4, -0.2) is 21.8 Å². The minimum Gasteiger partial charge on any atom is -0.507 e. The van der Waals surface area contributed by atoms with E-state index in [0.717, 1.165) is 5.56 Å². The molecule has 0 saturated heterocycles. The summed E-state index contributed by atoms with van der Waals surface area (Å²) >= 11 is 0. The Morgan fingerprint density at radius 3 is 2.27 bits per heavy atom. The first-order valence-corrected chi connectivity index (χ1v) is 7.01. The predicted octanol–water partition coefficient (Wildman–Crippen LogP) is 2.87. The van der Waals surface area contributed by atoms with Gasteiger partial charge in [0.1, 0.15) is 11.5 Å². The van der Waals surface area contributed by atoms with E-state index in [2.05, 4.69) is 5.32 Å². The third kappa shape index (κ3) is 2.41. The second-order valence-electron chi connectivity index (χ2n) is 5.23. The minimum atomic E-state index is -0.328. The molecule has 0 aromatic heterocycles. The van der Waals surface area contributed by atoms with Crippen LogP contribution in [0.1, 0.15) is 39.1 Å². The highest BCUT2D eigenvalue weighted by Gasteiger charge is 2.31. The van der Waals surface area contributed by atoms with Gasteiger partial charge in [0, 0.05) is 25.5 Å². The molecule has 1 aliphatic rings. The van der Waals surface area contributed by atoms with Crippen LogP contribution in [0, 0.1) is 0 Å². The molecule has 0 atom stereocenters. The number of fused-ring (bicyclic) bond motifs is 1. The molecule has 0 saturated carbocycles. The van der Waals surface area contributed by atoms with E-state index >= 15 is 0 Å². The van der Waals surface area contributed by atoms with Crippen molar-refractivity contribution in [1.82, 2.24) is 0 Å². The third-order valence-corrected chi connectivity index (χ3v) is 3.74. The second-order valence-corrected chi connectivity index (χ2v) is 5.23. The highest BCUT2D eigenvalue weighted by molar-refractivity contribution is 6.17. The normalized spacial score (nSPS) is 13.8. The van der Waals surface area contributed by atoms with Crippen molar-refractivity contribution < 1.29 is 19.8 Å². The summed E-state index contributed by atoms with van der Waals surface area (Å²) in [6.45, 7) is 0.425. The molecule has 0 heterocycles. The van der Waals surface area contributed by atoms with Crippen LogP contribution in [-0.2, 0) is 6.54 Å². The largest absolute Gasteiger partial charge is 0.507 e. The van der Waals surface area contributed by atoms with Crippen LogP contribution in [0.25, 0.3) is 0 Å². The Morgan fingerprint density at radius 1 is 0.955 bits per heavy atom. The molecular weight excluding hydrogens is 282 g/mol. The first-order chi connectivity index (χ1) is 10.6. The Balaban J connectivity index is 1.96. The number of phenolic OH excluding ortho intramolecular Hbond substituents is 2. The Kier molecular flexibility index (Phi) is 3.55. The molecule has 112 valence electrons. The SMILES string of the molecule is O=C1CCC(=O)c2c(O)c(NCc3ccccc3)cc(O)c21. The lowest BCUT2D eigenvalue weighted by Crippen LogP contribution is -2.18. The van der Waals surface area contributed by atoms with Gasteiger partial charge in [-0.1, -0.05) is 30.3 Å². The molecule has 3 rings (SSSR count). The zero-order chi connectivity index (χ0) is 15.7. The topological polar surface area (TPSA) is 86.6 Å². The van der Waals surface area contributed by atoms with Crippen molar-refractivity contribution in [3.05, 3.63) is 53.1 Å². The van der Waals surface area contributed by atoms with Gasteiger partial charge in [0.05, 0.1) is 16.8 Å². The van der Waals surface area contributed by atoms with Crippen molar-refractivity contribution in [1.29, 1.82) is 0 Å². The number of hydrogen-bond donors (Lipinski definition) is 3. The molecule has 0 amide bonds. The lowest BCUT2D eigenvalue weighted by molar-refractivity contribution is 0.0885. The number of phenols is 2. The monoisotopic (exact) mass is 297 g/mol. The molecule has 1 aliphatic carbocycles. The fourth-order valence-electron chi connectivity index (χ4n) is 2.62. The fraction of sp³-hybridized carbons (Fsp3) is 0.176. The molecule has 3 N–H and O–H groups in total. The quantitative estimate of drug-likeness (QED) is 0.599. The molecule has 0 radical (unpaired) electrons. The molecule has 5 nitrogen and oxygen atoms in total. The van der Waals surface area contributed by atoms with Crippen molar-refractivity contribution in [2.24, 2.45) is 0 Å². The van der Waals surface area contributed by atoms with Gasteiger partial charge in [-0.3, -0.25) is 9.59 Å². The smallest absolute Gasteiger partial charge is 0.168 e. The summed E-state index contributed by atoms with van der Waals surface area (Å²) in [5, 5.41) is 23.3. The standard InChI is InChI=1S/C17H15NO4/c19-12-6-7-13(20)16-15(12)14(21)8-11(17(16)22)18-9-10-4-2-1-3-5-10/h1-5,8,18,21-22H,6-7,9H2. The highest BCUT2D eigenvalue weighted by Crippen LogP contribution is 2.40. The summed E-state index contributed by atoms with van der Waals surface area (Å²) in [5.41, 5.74) is 1.08. The molecule has 0 fully saturated rings. The maximum absolute atomic E-state index is 12.0. The van der Waals surface area contributed by atoms with Gasteiger partial charge in [-0.15, -0.1) is 0 Å². The zero-order valence-corrected chi connectivity index (χ0v) is 11.8. The number of benzene rings is 2. The summed E-state index contributed by atoms with van der Waals surface area (Å²) in [4.78, 5) is 23.8. The first-order valence-electron chi connectivity index (χ1n) is 7.01. The molecule has 22 heavy (non-hydrogen) atoms. The maximum Gasteiger partial charge on any atom is 0.168 e. The number of rotatable bonds is 3. The van der Waals surface area contributed by atoms with Gasteiger partial charge < -0.3 is 15.5 Å². The van der Waals surface area contributed by atoms with E-state index in [0.29, 0.717) is 6.54 Å².